The molecule has 0 bridgehead atoms. The maximum absolute atomic E-state index is 13.8. The highest BCUT2D eigenvalue weighted by Gasteiger charge is 2.26. The minimum atomic E-state index is -4.20. The molecule has 14 heteroatoms. The Kier molecular flexibility index (Phi) is 11.1. The summed E-state index contributed by atoms with van der Waals surface area (Å²) in [4.78, 5) is 30.3. The van der Waals surface area contributed by atoms with Gasteiger partial charge in [-0.05, 0) is 59.9 Å². The molecule has 0 radical (unpaired) electrons. The number of hydrogen-bond acceptors (Lipinski definition) is 11. The summed E-state index contributed by atoms with van der Waals surface area (Å²) < 4.78 is 53.3. The summed E-state index contributed by atoms with van der Waals surface area (Å²) in [6, 6.07) is 22.1. The molecule has 260 valence electrons. The molecule has 0 atom stereocenters. The first-order valence-electron chi connectivity index (χ1n) is 15.7. The number of hydrogen-bond donors (Lipinski definition) is 2. The maximum Gasteiger partial charge on any atom is 0.263 e. The van der Waals surface area contributed by atoms with Crippen LogP contribution in [0.1, 0.15) is 39.2 Å². The van der Waals surface area contributed by atoms with Crippen LogP contribution in [0.3, 0.4) is 0 Å². The van der Waals surface area contributed by atoms with Crippen molar-refractivity contribution in [3.63, 3.8) is 0 Å². The molecule has 5 rings (SSSR count). The van der Waals surface area contributed by atoms with Crippen LogP contribution < -0.4 is 29.0 Å². The van der Waals surface area contributed by atoms with E-state index < -0.39 is 10.0 Å². The molecule has 5 aromatic rings. The predicted octanol–water partition coefficient (Wildman–Crippen LogP) is 6.64. The molecule has 0 unspecified atom stereocenters. The van der Waals surface area contributed by atoms with Gasteiger partial charge in [-0.2, -0.15) is 4.98 Å². The van der Waals surface area contributed by atoms with Gasteiger partial charge in [-0.1, -0.05) is 57.2 Å². The number of anilines is 2. The lowest BCUT2D eigenvalue weighted by molar-refractivity contribution is -0.116. The number of carbonyl (C=O) groups is 1. The molecular formula is C36H38N6O7S. The molecule has 2 aromatic heterocycles. The van der Waals surface area contributed by atoms with Crippen molar-refractivity contribution in [1.82, 2.24) is 19.9 Å². The van der Waals surface area contributed by atoms with Crippen molar-refractivity contribution in [2.45, 2.75) is 43.9 Å². The van der Waals surface area contributed by atoms with E-state index in [-0.39, 0.29) is 70.5 Å². The summed E-state index contributed by atoms with van der Waals surface area (Å²) in [5.41, 5.74) is 1.33. The number of methoxy groups -OCH3 is 2. The van der Waals surface area contributed by atoms with Gasteiger partial charge in [0, 0.05) is 18.8 Å². The average molecular weight is 699 g/mol. The van der Waals surface area contributed by atoms with Gasteiger partial charge in [0.05, 0.1) is 31.4 Å². The molecule has 0 aliphatic heterocycles. The Hall–Kier alpha value is -5.76. The third-order valence-electron chi connectivity index (χ3n) is 7.31. The van der Waals surface area contributed by atoms with E-state index in [0.29, 0.717) is 17.2 Å². The van der Waals surface area contributed by atoms with E-state index in [1.54, 1.807) is 66.7 Å². The number of aromatic nitrogens is 4. The number of rotatable bonds is 14. The molecule has 0 saturated heterocycles. The molecule has 1 amide bonds. The Morgan fingerprint density at radius 3 is 2.08 bits per heavy atom. The average Bonchev–Trinajstić information content (AvgIpc) is 3.11. The van der Waals surface area contributed by atoms with Gasteiger partial charge in [0.15, 0.2) is 23.1 Å². The van der Waals surface area contributed by atoms with Crippen molar-refractivity contribution >= 4 is 27.4 Å². The minimum absolute atomic E-state index is 0.00777. The molecule has 2 N–H and O–H groups in total. The van der Waals surface area contributed by atoms with E-state index in [0.717, 1.165) is 5.56 Å². The number of benzene rings is 3. The lowest BCUT2D eigenvalue weighted by Crippen LogP contribution is -2.17. The Balaban J connectivity index is 1.49. The molecule has 3 aromatic carbocycles. The summed E-state index contributed by atoms with van der Waals surface area (Å²) in [6.07, 6.45) is 3.39. The first-order valence-corrected chi connectivity index (χ1v) is 17.2. The maximum atomic E-state index is 13.8. The van der Waals surface area contributed by atoms with Gasteiger partial charge in [0.25, 0.3) is 15.9 Å². The van der Waals surface area contributed by atoms with Crippen LogP contribution in [-0.2, 0) is 20.2 Å². The SMILES string of the molecule is COc1ccccc1NC(=O)CCCOc1nc(-c2ncccn2)nc(NS(=O)(=O)c2ccc(C(C)(C)C)cc2)c1Oc1ccccc1OC. The monoisotopic (exact) mass is 698 g/mol. The van der Waals surface area contributed by atoms with Crippen LogP contribution in [0.25, 0.3) is 11.6 Å². The van der Waals surface area contributed by atoms with Crippen LogP contribution >= 0.6 is 0 Å². The smallest absolute Gasteiger partial charge is 0.263 e. The highest BCUT2D eigenvalue weighted by atomic mass is 32.2. The molecule has 0 spiro atoms. The van der Waals surface area contributed by atoms with Crippen LogP contribution in [0, 0.1) is 0 Å². The number of para-hydroxylation sites is 4. The lowest BCUT2D eigenvalue weighted by Gasteiger charge is -2.20. The summed E-state index contributed by atoms with van der Waals surface area (Å²) >= 11 is 0. The summed E-state index contributed by atoms with van der Waals surface area (Å²) in [5, 5.41) is 2.83. The molecule has 0 fully saturated rings. The van der Waals surface area contributed by atoms with Crippen LogP contribution in [0.15, 0.2) is 96.2 Å². The zero-order chi connectivity index (χ0) is 35.7. The number of sulfonamides is 1. The fraction of sp³-hybridized carbons (Fsp3) is 0.250. The van der Waals surface area contributed by atoms with E-state index in [1.807, 2.05) is 20.8 Å². The third kappa shape index (κ3) is 8.82. The minimum Gasteiger partial charge on any atom is -0.495 e. The Labute approximate surface area is 291 Å². The second-order valence-corrected chi connectivity index (χ2v) is 13.6. The van der Waals surface area contributed by atoms with Gasteiger partial charge in [-0.25, -0.2) is 23.4 Å². The standard InChI is InChI=1S/C36H38N6O7S/c1-36(2,3)24-17-19-25(20-18-24)50(44,45)42-32-31(49-29-15-9-8-14-28(29)47-5)35(41-34(40-32)33-37-21-11-22-38-33)48-23-10-16-30(43)39-26-12-6-7-13-27(26)46-4/h6-9,11-15,17-22H,10,16,23H2,1-5H3,(H,39,43)(H,40,41,42). The molecular weight excluding hydrogens is 660 g/mol. The highest BCUT2D eigenvalue weighted by Crippen LogP contribution is 2.41. The zero-order valence-corrected chi connectivity index (χ0v) is 29.2. The summed E-state index contributed by atoms with van der Waals surface area (Å²) in [6.45, 7) is 6.13. The molecule has 2 heterocycles. The summed E-state index contributed by atoms with van der Waals surface area (Å²) in [5.74, 6) is 0.517. The Morgan fingerprint density at radius 1 is 0.780 bits per heavy atom. The van der Waals surface area contributed by atoms with Gasteiger partial charge in [-0.15, -0.1) is 0 Å². The third-order valence-corrected chi connectivity index (χ3v) is 8.67. The topological polar surface area (TPSA) is 164 Å². The zero-order valence-electron chi connectivity index (χ0n) is 28.3. The van der Waals surface area contributed by atoms with Crippen molar-refractivity contribution in [1.29, 1.82) is 0 Å². The normalized spacial score (nSPS) is 11.4. The molecule has 0 saturated carbocycles. The van der Waals surface area contributed by atoms with Crippen molar-refractivity contribution in [3.8, 4) is 40.5 Å². The van der Waals surface area contributed by atoms with Crippen molar-refractivity contribution in [3.05, 3.63) is 96.8 Å². The fourth-order valence-electron chi connectivity index (χ4n) is 4.70. The Bertz CT molecular complexity index is 2040. The second kappa shape index (κ2) is 15.6. The van der Waals surface area contributed by atoms with E-state index in [4.69, 9.17) is 18.9 Å². The quantitative estimate of drug-likeness (QED) is 0.120. The highest BCUT2D eigenvalue weighted by molar-refractivity contribution is 7.92. The molecule has 50 heavy (non-hydrogen) atoms. The first-order chi connectivity index (χ1) is 24.0. The number of nitrogens with one attached hydrogen (secondary N) is 2. The molecule has 0 aliphatic rings. The van der Waals surface area contributed by atoms with Crippen LogP contribution in [-0.4, -0.2) is 55.1 Å². The van der Waals surface area contributed by atoms with Crippen LogP contribution in [0.4, 0.5) is 11.5 Å². The number of nitrogens with zero attached hydrogens (tertiary/aromatic N) is 4. The molecule has 0 aliphatic carbocycles. The van der Waals surface area contributed by atoms with Gasteiger partial charge in [0.1, 0.15) is 5.75 Å². The van der Waals surface area contributed by atoms with Crippen molar-refractivity contribution in [2.24, 2.45) is 0 Å². The second-order valence-electron chi connectivity index (χ2n) is 11.9. The van der Waals surface area contributed by atoms with Crippen LogP contribution in [0.5, 0.6) is 28.9 Å². The van der Waals surface area contributed by atoms with Crippen molar-refractivity contribution < 1.29 is 32.2 Å². The largest absolute Gasteiger partial charge is 0.495 e. The first kappa shape index (κ1) is 35.5. The predicted molar refractivity (Wildman–Crippen MR) is 188 cm³/mol. The van der Waals surface area contributed by atoms with Gasteiger partial charge < -0.3 is 24.3 Å². The van der Waals surface area contributed by atoms with Gasteiger partial charge in [0.2, 0.25) is 17.5 Å². The number of ether oxygens (including phenoxy) is 4. The van der Waals surface area contributed by atoms with E-state index >= 15 is 0 Å². The van der Waals surface area contributed by atoms with E-state index in [1.165, 1.54) is 38.7 Å². The fourth-order valence-corrected chi connectivity index (χ4v) is 5.70. The molecule has 13 nitrogen and oxygen atoms in total. The van der Waals surface area contributed by atoms with E-state index in [2.05, 4.69) is 30.0 Å². The van der Waals surface area contributed by atoms with Gasteiger partial charge in [-0.3, -0.25) is 9.52 Å². The summed E-state index contributed by atoms with van der Waals surface area (Å²) in [7, 11) is -1.20. The van der Waals surface area contributed by atoms with Gasteiger partial charge >= 0.3 is 0 Å². The Morgan fingerprint density at radius 2 is 1.42 bits per heavy atom. The number of amides is 1. The number of carbonyl (C=O) groups excluding carboxylic acids is 1. The van der Waals surface area contributed by atoms with Crippen LogP contribution in [0.2, 0.25) is 0 Å². The lowest BCUT2D eigenvalue weighted by atomic mass is 9.87. The van der Waals surface area contributed by atoms with E-state index in [9.17, 15) is 13.2 Å². The van der Waals surface area contributed by atoms with Crippen molar-refractivity contribution in [2.75, 3.05) is 30.9 Å².